The Balaban J connectivity index is 1.75. The first-order valence-electron chi connectivity index (χ1n) is 9.51. The molecule has 2 unspecified atom stereocenters. The molecule has 8 heteroatoms. The number of ether oxygens (including phenoxy) is 1. The lowest BCUT2D eigenvalue weighted by atomic mass is 9.98. The molecule has 0 aliphatic carbocycles. The van der Waals surface area contributed by atoms with Crippen molar-refractivity contribution in [1.29, 1.82) is 0 Å². The first-order chi connectivity index (χ1) is 13.2. The fourth-order valence-electron chi connectivity index (χ4n) is 3.31. The van der Waals surface area contributed by atoms with Crippen molar-refractivity contribution < 1.29 is 14.3 Å². The largest absolute Gasteiger partial charge is 0.444 e. The van der Waals surface area contributed by atoms with Gasteiger partial charge in [0.1, 0.15) is 5.60 Å². The molecule has 1 N–H and O–H groups in total. The molecule has 0 spiro atoms. The van der Waals surface area contributed by atoms with Crippen LogP contribution in [0.5, 0.6) is 0 Å². The monoisotopic (exact) mass is 385 g/mol. The molecular formula is C20H27N5O3. The standard InChI is InChI=1S/C20H27N5O3/c1-14-9-10-15(23-19(27)28-20(2,3)4)13-24(14)18(26)16-7-5-6-8-17(16)25-21-11-12-22-25/h5-8,11-12,14-15H,9-10,13H2,1-4H3,(H,23,27). The van der Waals surface area contributed by atoms with Gasteiger partial charge in [-0.25, -0.2) is 4.79 Å². The molecule has 1 aromatic carbocycles. The number of aromatic nitrogens is 3. The number of carbonyl (C=O) groups is 2. The highest BCUT2D eigenvalue weighted by Crippen LogP contribution is 2.23. The van der Waals surface area contributed by atoms with E-state index in [1.54, 1.807) is 23.4 Å². The number of likely N-dealkylation sites (tertiary alicyclic amines) is 1. The lowest BCUT2D eigenvalue weighted by Crippen LogP contribution is -2.53. The van der Waals surface area contributed by atoms with Crippen LogP contribution >= 0.6 is 0 Å². The highest BCUT2D eigenvalue weighted by Gasteiger charge is 2.32. The van der Waals surface area contributed by atoms with Crippen molar-refractivity contribution in [2.75, 3.05) is 6.54 Å². The van der Waals surface area contributed by atoms with Crippen LogP contribution in [0, 0.1) is 0 Å². The lowest BCUT2D eigenvalue weighted by Gasteiger charge is -2.38. The predicted molar refractivity (Wildman–Crippen MR) is 104 cm³/mol. The summed E-state index contributed by atoms with van der Waals surface area (Å²) in [6.45, 7) is 7.93. The van der Waals surface area contributed by atoms with Gasteiger partial charge >= 0.3 is 6.09 Å². The second-order valence-electron chi connectivity index (χ2n) is 8.06. The maximum Gasteiger partial charge on any atom is 0.407 e. The molecule has 0 saturated carbocycles. The summed E-state index contributed by atoms with van der Waals surface area (Å²) < 4.78 is 5.34. The van der Waals surface area contributed by atoms with E-state index >= 15 is 0 Å². The van der Waals surface area contributed by atoms with Crippen molar-refractivity contribution in [3.05, 3.63) is 42.2 Å². The zero-order valence-corrected chi connectivity index (χ0v) is 16.8. The Morgan fingerprint density at radius 1 is 1.14 bits per heavy atom. The minimum Gasteiger partial charge on any atom is -0.444 e. The molecule has 1 fully saturated rings. The normalized spacial score (nSPS) is 19.9. The topological polar surface area (TPSA) is 89.4 Å². The SMILES string of the molecule is CC1CCC(NC(=O)OC(C)(C)C)CN1C(=O)c1ccccc1-n1nccn1. The molecule has 2 atom stereocenters. The number of carbonyl (C=O) groups excluding carboxylic acids is 2. The van der Waals surface area contributed by atoms with E-state index < -0.39 is 11.7 Å². The fraction of sp³-hybridized carbons (Fsp3) is 0.500. The van der Waals surface area contributed by atoms with Crippen molar-refractivity contribution in [2.45, 2.75) is 58.2 Å². The molecule has 8 nitrogen and oxygen atoms in total. The number of rotatable bonds is 3. The highest BCUT2D eigenvalue weighted by molar-refractivity contribution is 5.98. The highest BCUT2D eigenvalue weighted by atomic mass is 16.6. The van der Waals surface area contributed by atoms with Crippen LogP contribution in [-0.2, 0) is 4.74 Å². The number of hydrogen-bond acceptors (Lipinski definition) is 5. The molecule has 1 aromatic heterocycles. The number of hydrogen-bond donors (Lipinski definition) is 1. The molecule has 0 radical (unpaired) electrons. The number of piperidine rings is 1. The van der Waals surface area contributed by atoms with E-state index in [0.717, 1.165) is 12.8 Å². The first kappa shape index (κ1) is 19.9. The summed E-state index contributed by atoms with van der Waals surface area (Å²) in [6.07, 6.45) is 4.29. The van der Waals surface area contributed by atoms with Crippen molar-refractivity contribution in [3.63, 3.8) is 0 Å². The van der Waals surface area contributed by atoms with Gasteiger partial charge in [0.25, 0.3) is 5.91 Å². The molecule has 2 heterocycles. The number of alkyl carbamates (subject to hydrolysis) is 1. The predicted octanol–water partition coefficient (Wildman–Crippen LogP) is 2.79. The van der Waals surface area contributed by atoms with Gasteiger partial charge in [-0.1, -0.05) is 12.1 Å². The van der Waals surface area contributed by atoms with Gasteiger partial charge in [0, 0.05) is 18.6 Å². The molecule has 150 valence electrons. The number of amides is 2. The summed E-state index contributed by atoms with van der Waals surface area (Å²) in [4.78, 5) is 28.6. The number of nitrogens with one attached hydrogen (secondary N) is 1. The quantitative estimate of drug-likeness (QED) is 0.877. The van der Waals surface area contributed by atoms with E-state index in [4.69, 9.17) is 4.74 Å². The van der Waals surface area contributed by atoms with Gasteiger partial charge in [0.15, 0.2) is 0 Å². The van der Waals surface area contributed by atoms with Crippen molar-refractivity contribution in [2.24, 2.45) is 0 Å². The van der Waals surface area contributed by atoms with E-state index in [1.807, 2.05) is 45.9 Å². The van der Waals surface area contributed by atoms with Crippen LogP contribution in [0.25, 0.3) is 5.69 Å². The average Bonchev–Trinajstić information content (AvgIpc) is 3.16. The van der Waals surface area contributed by atoms with Crippen LogP contribution < -0.4 is 5.32 Å². The van der Waals surface area contributed by atoms with Crippen molar-refractivity contribution in [3.8, 4) is 5.69 Å². The molecule has 0 bridgehead atoms. The molecule has 1 aliphatic heterocycles. The van der Waals surface area contributed by atoms with Gasteiger partial charge < -0.3 is 15.0 Å². The van der Waals surface area contributed by atoms with Crippen LogP contribution in [0.15, 0.2) is 36.7 Å². The maximum atomic E-state index is 13.3. The summed E-state index contributed by atoms with van der Waals surface area (Å²) in [5.41, 5.74) is 0.604. The lowest BCUT2D eigenvalue weighted by molar-refractivity contribution is 0.0412. The zero-order valence-electron chi connectivity index (χ0n) is 16.8. The Labute approximate surface area is 164 Å². The second-order valence-corrected chi connectivity index (χ2v) is 8.06. The Morgan fingerprint density at radius 3 is 2.50 bits per heavy atom. The third kappa shape index (κ3) is 4.68. The van der Waals surface area contributed by atoms with Gasteiger partial charge in [-0.2, -0.15) is 15.0 Å². The van der Waals surface area contributed by atoms with Crippen LogP contribution in [0.1, 0.15) is 50.9 Å². The van der Waals surface area contributed by atoms with E-state index in [1.165, 1.54) is 4.80 Å². The van der Waals surface area contributed by atoms with Gasteiger partial charge in [-0.15, -0.1) is 0 Å². The zero-order chi connectivity index (χ0) is 20.3. The summed E-state index contributed by atoms with van der Waals surface area (Å²) in [7, 11) is 0. The van der Waals surface area contributed by atoms with Crippen molar-refractivity contribution in [1.82, 2.24) is 25.2 Å². The van der Waals surface area contributed by atoms with Gasteiger partial charge in [-0.05, 0) is 52.7 Å². The average molecular weight is 385 g/mol. The smallest absolute Gasteiger partial charge is 0.407 e. The first-order valence-corrected chi connectivity index (χ1v) is 9.51. The van der Waals surface area contributed by atoms with Gasteiger partial charge in [0.05, 0.1) is 23.6 Å². The Morgan fingerprint density at radius 2 is 1.82 bits per heavy atom. The fourth-order valence-corrected chi connectivity index (χ4v) is 3.31. The Bertz CT molecular complexity index is 829. The van der Waals surface area contributed by atoms with Gasteiger partial charge in [-0.3, -0.25) is 4.79 Å². The van der Waals surface area contributed by atoms with E-state index in [0.29, 0.717) is 17.8 Å². The molecular weight excluding hydrogens is 358 g/mol. The van der Waals surface area contributed by atoms with Crippen LogP contribution in [-0.4, -0.2) is 56.1 Å². The maximum absolute atomic E-state index is 13.3. The summed E-state index contributed by atoms with van der Waals surface area (Å²) in [5.74, 6) is -0.101. The minimum atomic E-state index is -0.558. The van der Waals surface area contributed by atoms with Crippen LogP contribution in [0.3, 0.4) is 0 Å². The third-order valence-electron chi connectivity index (χ3n) is 4.63. The van der Waals surface area contributed by atoms with E-state index in [9.17, 15) is 9.59 Å². The van der Waals surface area contributed by atoms with Crippen LogP contribution in [0.4, 0.5) is 4.79 Å². The number of benzene rings is 1. The number of para-hydroxylation sites is 1. The number of nitrogens with zero attached hydrogens (tertiary/aromatic N) is 4. The van der Waals surface area contributed by atoms with E-state index in [-0.39, 0.29) is 18.0 Å². The molecule has 28 heavy (non-hydrogen) atoms. The third-order valence-corrected chi connectivity index (χ3v) is 4.63. The summed E-state index contributed by atoms with van der Waals surface area (Å²) in [5, 5.41) is 11.2. The Hall–Kier alpha value is -2.90. The molecule has 3 rings (SSSR count). The second kappa shape index (κ2) is 8.00. The Kier molecular flexibility index (Phi) is 5.67. The molecule has 2 amide bonds. The van der Waals surface area contributed by atoms with Crippen molar-refractivity contribution >= 4 is 12.0 Å². The minimum absolute atomic E-state index is 0.0721. The molecule has 2 aromatic rings. The van der Waals surface area contributed by atoms with Gasteiger partial charge in [0.2, 0.25) is 0 Å². The van der Waals surface area contributed by atoms with E-state index in [2.05, 4.69) is 15.5 Å². The molecule has 1 aliphatic rings. The molecule has 1 saturated heterocycles. The summed E-state index contributed by atoms with van der Waals surface area (Å²) in [6, 6.07) is 7.19. The summed E-state index contributed by atoms with van der Waals surface area (Å²) >= 11 is 0. The van der Waals surface area contributed by atoms with Crippen LogP contribution in [0.2, 0.25) is 0 Å².